The van der Waals surface area contributed by atoms with E-state index in [4.69, 9.17) is 21.7 Å². The van der Waals surface area contributed by atoms with Crippen LogP contribution < -0.4 is 0 Å². The minimum Gasteiger partial charge on any atom is -0.435 e. The van der Waals surface area contributed by atoms with Gasteiger partial charge >= 0.3 is 5.24 Å². The molecular formula is C13H20O2SSi2. The standard InChI is InChI=1S/C13H20O2SSi2/c1-17(2,3)9-7-11-12(15-13(16)14-11)8-10-18(4,5)6/h11-12H,1-6H3. The van der Waals surface area contributed by atoms with E-state index >= 15 is 0 Å². The van der Waals surface area contributed by atoms with Gasteiger partial charge in [0.05, 0.1) is 0 Å². The van der Waals surface area contributed by atoms with Crippen LogP contribution in [0.15, 0.2) is 0 Å². The maximum Gasteiger partial charge on any atom is 0.355 e. The van der Waals surface area contributed by atoms with Gasteiger partial charge in [0, 0.05) is 12.2 Å². The minimum atomic E-state index is -1.42. The van der Waals surface area contributed by atoms with E-state index in [-0.39, 0.29) is 17.4 Å². The molecule has 0 aliphatic carbocycles. The Labute approximate surface area is 117 Å². The first-order valence-electron chi connectivity index (χ1n) is 5.99. The minimum absolute atomic E-state index is 0.166. The first kappa shape index (κ1) is 15.3. The topological polar surface area (TPSA) is 18.5 Å². The highest BCUT2D eigenvalue weighted by atomic mass is 32.1. The van der Waals surface area contributed by atoms with Crippen molar-refractivity contribution in [2.45, 2.75) is 51.5 Å². The molecule has 1 heterocycles. The second-order valence-electron chi connectivity index (χ2n) is 6.37. The average molecular weight is 297 g/mol. The maximum atomic E-state index is 5.41. The van der Waals surface area contributed by atoms with Crippen molar-refractivity contribution in [3.05, 3.63) is 0 Å². The molecule has 2 unspecified atom stereocenters. The van der Waals surface area contributed by atoms with Gasteiger partial charge in [-0.25, -0.2) is 0 Å². The molecule has 0 bridgehead atoms. The smallest absolute Gasteiger partial charge is 0.355 e. The summed E-state index contributed by atoms with van der Waals surface area (Å²) in [5.41, 5.74) is 6.56. The van der Waals surface area contributed by atoms with E-state index in [1.165, 1.54) is 0 Å². The third-order valence-electron chi connectivity index (χ3n) is 1.90. The summed E-state index contributed by atoms with van der Waals surface area (Å²) in [5.74, 6) is 6.26. The number of rotatable bonds is 0. The molecule has 1 rings (SSSR count). The Morgan fingerprint density at radius 3 is 1.44 bits per heavy atom. The Balaban J connectivity index is 2.85. The Hall–Kier alpha value is -0.756. The van der Waals surface area contributed by atoms with Crippen molar-refractivity contribution in [3.63, 3.8) is 0 Å². The summed E-state index contributed by atoms with van der Waals surface area (Å²) >= 11 is 4.93. The summed E-state index contributed by atoms with van der Waals surface area (Å²) < 4.78 is 10.8. The molecule has 0 aromatic rings. The molecule has 0 spiro atoms. The zero-order valence-corrected chi connectivity index (χ0v) is 14.7. The molecular weight excluding hydrogens is 276 g/mol. The van der Waals surface area contributed by atoms with Crippen molar-refractivity contribution in [1.29, 1.82) is 0 Å². The quantitative estimate of drug-likeness (QED) is 0.389. The number of hydrogen-bond donors (Lipinski definition) is 0. The number of ether oxygens (including phenoxy) is 2. The highest BCUT2D eigenvalue weighted by Gasteiger charge is 2.32. The SMILES string of the molecule is C[Si](C)(C)C#CC1OC(=S)OC1C#C[Si](C)(C)C. The molecule has 0 aromatic heterocycles. The molecule has 0 saturated carbocycles. The summed E-state index contributed by atoms with van der Waals surface area (Å²) in [6.45, 7) is 13.1. The van der Waals surface area contributed by atoms with E-state index in [0.717, 1.165) is 0 Å². The molecule has 0 radical (unpaired) electrons. The van der Waals surface area contributed by atoms with Gasteiger partial charge in [-0.3, -0.25) is 0 Å². The van der Waals surface area contributed by atoms with Crippen molar-refractivity contribution < 1.29 is 9.47 Å². The molecule has 0 N–H and O–H groups in total. The highest BCUT2D eigenvalue weighted by molar-refractivity contribution is 7.79. The molecule has 98 valence electrons. The van der Waals surface area contributed by atoms with Crippen molar-refractivity contribution in [2.24, 2.45) is 0 Å². The second-order valence-corrected chi connectivity index (χ2v) is 16.2. The van der Waals surface area contributed by atoms with Crippen molar-refractivity contribution in [3.8, 4) is 22.9 Å². The molecule has 2 atom stereocenters. The number of thiocarbonyl (C=S) groups is 1. The molecule has 0 amide bonds. The van der Waals surface area contributed by atoms with Gasteiger partial charge in [-0.1, -0.05) is 51.1 Å². The molecule has 1 saturated heterocycles. The lowest BCUT2D eigenvalue weighted by molar-refractivity contribution is 0.251. The molecule has 0 aromatic carbocycles. The predicted molar refractivity (Wildman–Crippen MR) is 84.6 cm³/mol. The lowest BCUT2D eigenvalue weighted by atomic mass is 10.2. The molecule has 18 heavy (non-hydrogen) atoms. The summed E-state index contributed by atoms with van der Waals surface area (Å²) in [7, 11) is -2.83. The summed E-state index contributed by atoms with van der Waals surface area (Å²) in [6.07, 6.45) is -0.652. The van der Waals surface area contributed by atoms with E-state index in [1.807, 2.05) is 0 Å². The van der Waals surface area contributed by atoms with Crippen molar-refractivity contribution >= 4 is 33.6 Å². The van der Waals surface area contributed by atoms with Crippen LogP contribution in [0.2, 0.25) is 39.3 Å². The summed E-state index contributed by atoms with van der Waals surface area (Å²) in [4.78, 5) is 0. The van der Waals surface area contributed by atoms with Crippen LogP contribution >= 0.6 is 12.2 Å². The number of hydrogen-bond acceptors (Lipinski definition) is 3. The van der Waals surface area contributed by atoms with E-state index in [9.17, 15) is 0 Å². The van der Waals surface area contributed by atoms with E-state index in [1.54, 1.807) is 0 Å². The molecule has 1 aliphatic heterocycles. The maximum absolute atomic E-state index is 5.41. The Kier molecular flexibility index (Phi) is 4.66. The lowest BCUT2D eigenvalue weighted by Gasteiger charge is -2.08. The summed E-state index contributed by atoms with van der Waals surface area (Å²) in [5, 5.41) is 0.166. The van der Waals surface area contributed by atoms with E-state index < -0.39 is 16.1 Å². The van der Waals surface area contributed by atoms with E-state index in [2.05, 4.69) is 62.2 Å². The van der Waals surface area contributed by atoms with Crippen LogP contribution in [-0.2, 0) is 9.47 Å². The van der Waals surface area contributed by atoms with Gasteiger partial charge in [0.1, 0.15) is 16.1 Å². The van der Waals surface area contributed by atoms with Gasteiger partial charge in [-0.05, 0) is 0 Å². The molecule has 5 heteroatoms. The highest BCUT2D eigenvalue weighted by Crippen LogP contribution is 2.15. The lowest BCUT2D eigenvalue weighted by Crippen LogP contribution is -2.24. The Morgan fingerprint density at radius 1 is 0.833 bits per heavy atom. The van der Waals surface area contributed by atoms with Crippen LogP contribution in [-0.4, -0.2) is 33.6 Å². The van der Waals surface area contributed by atoms with Crippen LogP contribution in [0, 0.1) is 22.9 Å². The average Bonchev–Trinajstić information content (AvgIpc) is 2.51. The first-order valence-corrected chi connectivity index (χ1v) is 13.4. The normalized spacial score (nSPS) is 23.1. The van der Waals surface area contributed by atoms with Gasteiger partial charge in [0.25, 0.3) is 0 Å². The monoisotopic (exact) mass is 296 g/mol. The third kappa shape index (κ3) is 5.72. The van der Waals surface area contributed by atoms with Gasteiger partial charge in [-0.2, -0.15) is 0 Å². The zero-order chi connectivity index (χ0) is 14.0. The predicted octanol–water partition coefficient (Wildman–Crippen LogP) is 2.82. The third-order valence-corrected chi connectivity index (χ3v) is 3.88. The van der Waals surface area contributed by atoms with E-state index in [0.29, 0.717) is 0 Å². The fraction of sp³-hybridized carbons (Fsp3) is 0.615. The van der Waals surface area contributed by atoms with Gasteiger partial charge < -0.3 is 9.47 Å². The largest absolute Gasteiger partial charge is 0.435 e. The van der Waals surface area contributed by atoms with Crippen molar-refractivity contribution in [1.82, 2.24) is 0 Å². The Bertz CT molecular complexity index is 410. The van der Waals surface area contributed by atoms with Crippen LogP contribution in [0.3, 0.4) is 0 Å². The summed E-state index contributed by atoms with van der Waals surface area (Å²) in [6, 6.07) is 0. The van der Waals surface area contributed by atoms with Gasteiger partial charge in [0.2, 0.25) is 12.2 Å². The van der Waals surface area contributed by atoms with Crippen LogP contribution in [0.5, 0.6) is 0 Å². The van der Waals surface area contributed by atoms with Crippen LogP contribution in [0.25, 0.3) is 0 Å². The molecule has 1 aliphatic rings. The fourth-order valence-corrected chi connectivity index (χ4v) is 2.50. The second kappa shape index (κ2) is 5.48. The first-order chi connectivity index (χ1) is 8.07. The van der Waals surface area contributed by atoms with Gasteiger partial charge in [0.15, 0.2) is 0 Å². The van der Waals surface area contributed by atoms with Gasteiger partial charge in [-0.15, -0.1) is 11.1 Å². The Morgan fingerprint density at radius 2 is 1.17 bits per heavy atom. The van der Waals surface area contributed by atoms with Crippen LogP contribution in [0.4, 0.5) is 0 Å². The van der Waals surface area contributed by atoms with Crippen LogP contribution in [0.1, 0.15) is 0 Å². The molecule has 2 nitrogen and oxygen atoms in total. The molecule has 1 fully saturated rings. The van der Waals surface area contributed by atoms with Crippen molar-refractivity contribution in [2.75, 3.05) is 0 Å². The fourth-order valence-electron chi connectivity index (χ4n) is 1.14. The zero-order valence-electron chi connectivity index (χ0n) is 11.9.